The highest BCUT2D eigenvalue weighted by molar-refractivity contribution is 7.89. The van der Waals surface area contributed by atoms with Crippen LogP contribution in [0, 0.1) is 0 Å². The summed E-state index contributed by atoms with van der Waals surface area (Å²) < 4.78 is 31.6. The third-order valence-electron chi connectivity index (χ3n) is 2.46. The molecule has 0 atom stereocenters. The van der Waals surface area contributed by atoms with Crippen LogP contribution >= 0.6 is 0 Å². The van der Waals surface area contributed by atoms with Gasteiger partial charge in [0, 0.05) is 11.9 Å². The molecule has 0 bridgehead atoms. The molecule has 0 aliphatic rings. The number of rotatable bonds is 7. The summed E-state index contributed by atoms with van der Waals surface area (Å²) in [5.41, 5.74) is 0.683. The maximum absolute atomic E-state index is 12.0. The molecule has 0 aliphatic carbocycles. The number of hydrogen-bond donors (Lipinski definition) is 3. The number of aromatic amines is 1. The van der Waals surface area contributed by atoms with Gasteiger partial charge < -0.3 is 14.7 Å². The lowest BCUT2D eigenvalue weighted by Crippen LogP contribution is -2.23. The van der Waals surface area contributed by atoms with Gasteiger partial charge in [-0.05, 0) is 18.7 Å². The smallest absolute Gasteiger partial charge is 0.274 e. The molecule has 0 aliphatic heterocycles. The minimum atomic E-state index is -3.63. The summed E-state index contributed by atoms with van der Waals surface area (Å²) in [5, 5.41) is 2.98. The summed E-state index contributed by atoms with van der Waals surface area (Å²) in [6.45, 7) is 3.41. The van der Waals surface area contributed by atoms with E-state index in [0.29, 0.717) is 18.0 Å². The summed E-state index contributed by atoms with van der Waals surface area (Å²) in [4.78, 5) is 6.63. The molecule has 0 unspecified atom stereocenters. The van der Waals surface area contributed by atoms with E-state index in [-0.39, 0.29) is 11.6 Å². The second-order valence-electron chi connectivity index (χ2n) is 3.90. The van der Waals surface area contributed by atoms with E-state index in [0.717, 1.165) is 6.54 Å². The van der Waals surface area contributed by atoms with E-state index in [1.807, 2.05) is 6.92 Å². The van der Waals surface area contributed by atoms with E-state index in [1.165, 1.54) is 12.4 Å². The zero-order chi connectivity index (χ0) is 13.7. The summed E-state index contributed by atoms with van der Waals surface area (Å²) in [5.74, 6) is 0.587. The van der Waals surface area contributed by atoms with Gasteiger partial charge in [0.25, 0.3) is 10.0 Å². The first-order chi connectivity index (χ1) is 9.12. The Balaban J connectivity index is 2.00. The van der Waals surface area contributed by atoms with Gasteiger partial charge in [-0.1, -0.05) is 6.92 Å². The Kier molecular flexibility index (Phi) is 4.35. The van der Waals surface area contributed by atoms with Crippen molar-refractivity contribution in [3.63, 3.8) is 0 Å². The van der Waals surface area contributed by atoms with Gasteiger partial charge in [-0.3, -0.25) is 0 Å². The first-order valence-corrected chi connectivity index (χ1v) is 7.36. The monoisotopic (exact) mass is 284 g/mol. The Morgan fingerprint density at radius 1 is 1.37 bits per heavy atom. The molecule has 2 aromatic rings. The Hall–Kier alpha value is -1.64. The fourth-order valence-electron chi connectivity index (χ4n) is 1.47. The molecule has 0 radical (unpaired) electrons. The lowest BCUT2D eigenvalue weighted by atomic mass is 10.4. The largest absolute Gasteiger partial charge is 0.447 e. The number of furan rings is 1. The van der Waals surface area contributed by atoms with E-state index >= 15 is 0 Å². The molecule has 0 saturated heterocycles. The van der Waals surface area contributed by atoms with Crippen LogP contribution in [0.1, 0.15) is 18.4 Å². The first-order valence-electron chi connectivity index (χ1n) is 5.88. The van der Waals surface area contributed by atoms with Crippen LogP contribution in [0.2, 0.25) is 0 Å². The van der Waals surface area contributed by atoms with Gasteiger partial charge in [-0.2, -0.15) is 0 Å². The minimum absolute atomic E-state index is 0.0834. The summed E-state index contributed by atoms with van der Waals surface area (Å²) in [7, 11) is -3.63. The molecule has 7 nitrogen and oxygen atoms in total. The number of hydrogen-bond acceptors (Lipinski definition) is 5. The van der Waals surface area contributed by atoms with Crippen LogP contribution in [0.5, 0.6) is 0 Å². The average molecular weight is 284 g/mol. The number of imidazole rings is 1. The van der Waals surface area contributed by atoms with Crippen molar-refractivity contribution in [1.29, 1.82) is 0 Å². The highest BCUT2D eigenvalue weighted by atomic mass is 32.2. The van der Waals surface area contributed by atoms with Crippen molar-refractivity contribution in [3.8, 4) is 0 Å². The molecular formula is C11H16N4O3S. The van der Waals surface area contributed by atoms with Crippen LogP contribution in [-0.4, -0.2) is 24.9 Å². The average Bonchev–Trinajstić information content (AvgIpc) is 3.05. The third-order valence-corrected chi connectivity index (χ3v) is 3.73. The molecule has 104 valence electrons. The Bertz CT molecular complexity index is 604. The normalized spacial score (nSPS) is 11.8. The van der Waals surface area contributed by atoms with Gasteiger partial charge in [0.1, 0.15) is 5.76 Å². The maximum Gasteiger partial charge on any atom is 0.274 e. The molecule has 2 rings (SSSR count). The highest BCUT2D eigenvalue weighted by Gasteiger charge is 2.18. The first kappa shape index (κ1) is 13.8. The highest BCUT2D eigenvalue weighted by Crippen LogP contribution is 2.13. The Labute approximate surface area is 111 Å². The van der Waals surface area contributed by atoms with Gasteiger partial charge in [-0.15, -0.1) is 0 Å². The molecule has 2 heterocycles. The number of nitrogens with one attached hydrogen (secondary N) is 3. The number of aromatic nitrogens is 2. The van der Waals surface area contributed by atoms with Gasteiger partial charge in [0.05, 0.1) is 19.4 Å². The lowest BCUT2D eigenvalue weighted by molar-refractivity contribution is 0.401. The van der Waals surface area contributed by atoms with Crippen molar-refractivity contribution < 1.29 is 12.8 Å². The van der Waals surface area contributed by atoms with E-state index in [2.05, 4.69) is 20.0 Å². The van der Waals surface area contributed by atoms with E-state index in [4.69, 9.17) is 4.42 Å². The molecule has 3 N–H and O–H groups in total. The van der Waals surface area contributed by atoms with Gasteiger partial charge >= 0.3 is 0 Å². The van der Waals surface area contributed by atoms with Crippen molar-refractivity contribution in [2.75, 3.05) is 6.54 Å². The van der Waals surface area contributed by atoms with Crippen molar-refractivity contribution in [1.82, 2.24) is 20.0 Å². The number of H-pyrrole nitrogens is 1. The topological polar surface area (TPSA) is 100 Å². The molecule has 8 heteroatoms. The molecular weight excluding hydrogens is 268 g/mol. The number of nitrogens with zero attached hydrogens (tertiary/aromatic N) is 1. The van der Waals surface area contributed by atoms with Gasteiger partial charge in [-0.25, -0.2) is 18.1 Å². The van der Waals surface area contributed by atoms with Crippen molar-refractivity contribution in [2.24, 2.45) is 0 Å². The second-order valence-corrected chi connectivity index (χ2v) is 5.60. The van der Waals surface area contributed by atoms with Crippen LogP contribution in [0.3, 0.4) is 0 Å². The zero-order valence-corrected chi connectivity index (χ0v) is 11.3. The molecule has 2 aromatic heterocycles. The van der Waals surface area contributed by atoms with E-state index in [1.54, 1.807) is 12.3 Å². The predicted molar refractivity (Wildman–Crippen MR) is 68.7 cm³/mol. The van der Waals surface area contributed by atoms with Gasteiger partial charge in [0.15, 0.2) is 0 Å². The summed E-state index contributed by atoms with van der Waals surface area (Å²) in [6.07, 6.45) is 3.05. The van der Waals surface area contributed by atoms with Crippen LogP contribution in [0.4, 0.5) is 0 Å². The van der Waals surface area contributed by atoms with Gasteiger partial charge in [0.2, 0.25) is 5.09 Å². The molecule has 19 heavy (non-hydrogen) atoms. The Morgan fingerprint density at radius 2 is 2.21 bits per heavy atom. The van der Waals surface area contributed by atoms with Crippen molar-refractivity contribution in [2.45, 2.75) is 25.1 Å². The van der Waals surface area contributed by atoms with Crippen LogP contribution < -0.4 is 10.0 Å². The summed E-state index contributed by atoms with van der Waals surface area (Å²) in [6, 6.07) is 3.09. The molecule has 0 aromatic carbocycles. The van der Waals surface area contributed by atoms with E-state index in [9.17, 15) is 8.42 Å². The van der Waals surface area contributed by atoms with E-state index < -0.39 is 10.0 Å². The fraction of sp³-hybridized carbons (Fsp3) is 0.364. The minimum Gasteiger partial charge on any atom is -0.447 e. The maximum atomic E-state index is 12.0. The molecule has 0 fully saturated rings. The molecule has 0 amide bonds. The zero-order valence-electron chi connectivity index (χ0n) is 10.5. The van der Waals surface area contributed by atoms with Crippen LogP contribution in [-0.2, 0) is 23.1 Å². The predicted octanol–water partition coefficient (Wildman–Crippen LogP) is 0.591. The molecule has 0 spiro atoms. The second kappa shape index (κ2) is 6.00. The quantitative estimate of drug-likeness (QED) is 0.691. The van der Waals surface area contributed by atoms with Crippen molar-refractivity contribution >= 4 is 10.0 Å². The van der Waals surface area contributed by atoms with Crippen LogP contribution in [0.25, 0.3) is 0 Å². The molecule has 0 saturated carbocycles. The number of sulfonamides is 1. The summed E-state index contributed by atoms with van der Waals surface area (Å²) >= 11 is 0. The third kappa shape index (κ3) is 3.66. The van der Waals surface area contributed by atoms with Crippen molar-refractivity contribution in [3.05, 3.63) is 36.1 Å². The van der Waals surface area contributed by atoms with Crippen LogP contribution in [0.15, 0.2) is 34.2 Å². The Morgan fingerprint density at radius 3 is 2.89 bits per heavy atom. The lowest BCUT2D eigenvalue weighted by Gasteiger charge is -2.02. The standard InChI is InChI=1S/C11H16N4O3S/c1-2-12-7-10-3-4-11(18-10)19(16,17)15-6-9-5-13-8-14-9/h3-5,8,12,15H,2,6-7H2,1H3,(H,13,14). The fourth-order valence-corrected chi connectivity index (χ4v) is 2.42. The SMILES string of the molecule is CCNCc1ccc(S(=O)(=O)NCc2cnc[nH]2)o1.